The number of nitrogens with zero attached hydrogens (tertiary/aromatic N) is 1. The largest absolute Gasteiger partial charge is 0.479 e. The summed E-state index contributed by atoms with van der Waals surface area (Å²) in [5.41, 5.74) is 4.08. The second-order valence-electron chi connectivity index (χ2n) is 6.06. The van der Waals surface area contributed by atoms with Gasteiger partial charge in [-0.2, -0.15) is 5.26 Å². The summed E-state index contributed by atoms with van der Waals surface area (Å²) in [5.74, 6) is -0.634. The maximum Gasteiger partial charge on any atom is 0.330 e. The molecule has 2 rings (SSSR count). The number of hydrogen-bond acceptors (Lipinski definition) is 4. The molecule has 2 aromatic rings. The van der Waals surface area contributed by atoms with Gasteiger partial charge in [-0.3, -0.25) is 4.79 Å². The Balaban J connectivity index is 1.93. The summed E-state index contributed by atoms with van der Waals surface area (Å²) in [5, 5.41) is 20.8. The van der Waals surface area contributed by atoms with Crippen molar-refractivity contribution in [2.45, 2.75) is 25.6 Å². The number of carbonyl (C=O) groups is 2. The third kappa shape index (κ3) is 5.64. The Kier molecular flexibility index (Phi) is 6.81. The zero-order valence-corrected chi connectivity index (χ0v) is 15.5. The van der Waals surface area contributed by atoms with Crippen LogP contribution < -0.4 is 5.32 Å². The standard InChI is InChI=1S/C20H20N2O3S/c1-13-7-14(2)9-17(8-13)19(20(24)25)22-18(23)12-26-11-16-5-3-15(10-21)4-6-16/h3-9,19H,11-12H2,1-2H3,(H,22,23)(H,24,25). The van der Waals surface area contributed by atoms with Gasteiger partial charge in [0, 0.05) is 5.75 Å². The van der Waals surface area contributed by atoms with E-state index in [4.69, 9.17) is 5.26 Å². The molecule has 134 valence electrons. The molecule has 26 heavy (non-hydrogen) atoms. The van der Waals surface area contributed by atoms with Crippen molar-refractivity contribution in [3.05, 3.63) is 70.3 Å². The molecule has 0 aliphatic heterocycles. The molecule has 1 atom stereocenters. The molecular formula is C20H20N2O3S. The number of carboxylic acids is 1. The van der Waals surface area contributed by atoms with Gasteiger partial charge in [-0.25, -0.2) is 4.79 Å². The summed E-state index contributed by atoms with van der Waals surface area (Å²) in [4.78, 5) is 23.7. The summed E-state index contributed by atoms with van der Waals surface area (Å²) in [6, 6.07) is 13.7. The first kappa shape index (κ1) is 19.5. The molecule has 0 saturated carbocycles. The first-order valence-electron chi connectivity index (χ1n) is 8.06. The fourth-order valence-corrected chi connectivity index (χ4v) is 3.40. The van der Waals surface area contributed by atoms with Gasteiger partial charge in [0.05, 0.1) is 17.4 Å². The molecule has 0 bridgehead atoms. The van der Waals surface area contributed by atoms with E-state index in [9.17, 15) is 14.7 Å². The van der Waals surface area contributed by atoms with Crippen LogP contribution in [-0.2, 0) is 15.3 Å². The molecule has 1 amide bonds. The Labute approximate surface area is 157 Å². The predicted molar refractivity (Wildman–Crippen MR) is 102 cm³/mol. The number of hydrogen-bond donors (Lipinski definition) is 2. The average Bonchev–Trinajstić information content (AvgIpc) is 2.59. The van der Waals surface area contributed by atoms with Crippen molar-refractivity contribution in [3.63, 3.8) is 0 Å². The molecule has 1 unspecified atom stereocenters. The number of thioether (sulfide) groups is 1. The number of benzene rings is 2. The highest BCUT2D eigenvalue weighted by atomic mass is 32.2. The zero-order chi connectivity index (χ0) is 19.1. The maximum absolute atomic E-state index is 12.2. The van der Waals surface area contributed by atoms with Crippen molar-refractivity contribution in [1.29, 1.82) is 5.26 Å². The quantitative estimate of drug-likeness (QED) is 0.782. The van der Waals surface area contributed by atoms with E-state index in [-0.39, 0.29) is 11.7 Å². The van der Waals surface area contributed by atoms with Crippen molar-refractivity contribution in [2.75, 3.05) is 5.75 Å². The lowest BCUT2D eigenvalue weighted by Crippen LogP contribution is -2.35. The third-order valence-corrected chi connectivity index (χ3v) is 4.72. The average molecular weight is 368 g/mol. The van der Waals surface area contributed by atoms with Crippen LogP contribution in [0.15, 0.2) is 42.5 Å². The fraction of sp³-hybridized carbons (Fsp3) is 0.250. The minimum Gasteiger partial charge on any atom is -0.479 e. The zero-order valence-electron chi connectivity index (χ0n) is 14.7. The minimum absolute atomic E-state index is 0.161. The molecule has 0 aromatic heterocycles. The van der Waals surface area contributed by atoms with Crippen LogP contribution in [0.5, 0.6) is 0 Å². The molecule has 5 nitrogen and oxygen atoms in total. The van der Waals surface area contributed by atoms with Crippen LogP contribution in [0, 0.1) is 25.2 Å². The highest BCUT2D eigenvalue weighted by Gasteiger charge is 2.22. The van der Waals surface area contributed by atoms with Gasteiger partial charge in [-0.05, 0) is 37.1 Å². The van der Waals surface area contributed by atoms with Gasteiger partial charge in [-0.1, -0.05) is 41.5 Å². The number of carbonyl (C=O) groups excluding carboxylic acids is 1. The van der Waals surface area contributed by atoms with Crippen molar-refractivity contribution < 1.29 is 14.7 Å². The molecule has 2 aromatic carbocycles. The van der Waals surface area contributed by atoms with Gasteiger partial charge >= 0.3 is 5.97 Å². The van der Waals surface area contributed by atoms with Crippen molar-refractivity contribution in [3.8, 4) is 6.07 Å². The molecule has 0 aliphatic rings. The number of aryl methyl sites for hydroxylation is 2. The second kappa shape index (κ2) is 9.07. The Hall–Kier alpha value is -2.78. The Morgan fingerprint density at radius 2 is 1.77 bits per heavy atom. The first-order chi connectivity index (χ1) is 12.4. The van der Waals surface area contributed by atoms with Gasteiger partial charge in [0.15, 0.2) is 6.04 Å². The monoisotopic (exact) mass is 368 g/mol. The van der Waals surface area contributed by atoms with E-state index in [0.717, 1.165) is 16.7 Å². The highest BCUT2D eigenvalue weighted by Crippen LogP contribution is 2.18. The van der Waals surface area contributed by atoms with E-state index < -0.39 is 12.0 Å². The molecular weight excluding hydrogens is 348 g/mol. The summed E-state index contributed by atoms with van der Waals surface area (Å²) in [6.45, 7) is 3.79. The maximum atomic E-state index is 12.2. The van der Waals surface area contributed by atoms with Crippen LogP contribution in [-0.4, -0.2) is 22.7 Å². The number of nitrogens with one attached hydrogen (secondary N) is 1. The van der Waals surface area contributed by atoms with E-state index in [1.165, 1.54) is 11.8 Å². The number of aliphatic carboxylic acids is 1. The van der Waals surface area contributed by atoms with E-state index in [1.807, 2.05) is 32.0 Å². The molecule has 6 heteroatoms. The molecule has 0 saturated heterocycles. The summed E-state index contributed by atoms with van der Waals surface area (Å²) in [6.07, 6.45) is 0. The Bertz CT molecular complexity index is 821. The normalized spacial score (nSPS) is 11.4. The van der Waals surface area contributed by atoms with Gasteiger partial charge in [0.1, 0.15) is 0 Å². The smallest absolute Gasteiger partial charge is 0.330 e. The SMILES string of the molecule is Cc1cc(C)cc(C(NC(=O)CSCc2ccc(C#N)cc2)C(=O)O)c1. The number of rotatable bonds is 7. The highest BCUT2D eigenvalue weighted by molar-refractivity contribution is 7.99. The van der Waals surface area contributed by atoms with Crippen LogP contribution in [0.2, 0.25) is 0 Å². The molecule has 0 spiro atoms. The van der Waals surface area contributed by atoms with Crippen LogP contribution in [0.3, 0.4) is 0 Å². The summed E-state index contributed by atoms with van der Waals surface area (Å²) < 4.78 is 0. The molecule has 0 radical (unpaired) electrons. The molecule has 0 aliphatic carbocycles. The van der Waals surface area contributed by atoms with E-state index in [0.29, 0.717) is 16.9 Å². The van der Waals surface area contributed by atoms with Crippen LogP contribution in [0.4, 0.5) is 0 Å². The van der Waals surface area contributed by atoms with E-state index in [1.54, 1.807) is 24.3 Å². The molecule has 0 heterocycles. The van der Waals surface area contributed by atoms with Gasteiger partial charge in [0.25, 0.3) is 0 Å². The first-order valence-corrected chi connectivity index (χ1v) is 9.21. The Morgan fingerprint density at radius 3 is 2.31 bits per heavy atom. The van der Waals surface area contributed by atoms with Crippen LogP contribution in [0.1, 0.15) is 33.9 Å². The summed E-state index contributed by atoms with van der Waals surface area (Å²) >= 11 is 1.40. The fourth-order valence-electron chi connectivity index (χ4n) is 2.60. The van der Waals surface area contributed by atoms with Gasteiger partial charge in [-0.15, -0.1) is 11.8 Å². The van der Waals surface area contributed by atoms with E-state index in [2.05, 4.69) is 11.4 Å². The third-order valence-electron chi connectivity index (χ3n) is 3.71. The summed E-state index contributed by atoms with van der Waals surface area (Å²) in [7, 11) is 0. The topological polar surface area (TPSA) is 90.2 Å². The predicted octanol–water partition coefficient (Wildman–Crippen LogP) is 3.35. The Morgan fingerprint density at radius 1 is 1.15 bits per heavy atom. The number of amides is 1. The van der Waals surface area contributed by atoms with Crippen LogP contribution >= 0.6 is 11.8 Å². The van der Waals surface area contributed by atoms with Gasteiger partial charge < -0.3 is 10.4 Å². The van der Waals surface area contributed by atoms with Crippen molar-refractivity contribution in [1.82, 2.24) is 5.32 Å². The van der Waals surface area contributed by atoms with Crippen molar-refractivity contribution in [2.24, 2.45) is 0 Å². The number of carboxylic acid groups (broad SMARTS) is 1. The van der Waals surface area contributed by atoms with E-state index >= 15 is 0 Å². The second-order valence-corrected chi connectivity index (χ2v) is 7.05. The lowest BCUT2D eigenvalue weighted by Gasteiger charge is -2.16. The van der Waals surface area contributed by atoms with Gasteiger partial charge in [0.2, 0.25) is 5.91 Å². The minimum atomic E-state index is -1.08. The lowest BCUT2D eigenvalue weighted by molar-refractivity contribution is -0.141. The van der Waals surface area contributed by atoms with Crippen LogP contribution in [0.25, 0.3) is 0 Å². The van der Waals surface area contributed by atoms with Crippen molar-refractivity contribution >= 4 is 23.6 Å². The lowest BCUT2D eigenvalue weighted by atomic mass is 10.0. The molecule has 2 N–H and O–H groups in total. The molecule has 0 fully saturated rings. The number of nitriles is 1.